The summed E-state index contributed by atoms with van der Waals surface area (Å²) in [4.78, 5) is 4.66. The van der Waals surface area contributed by atoms with Crippen molar-refractivity contribution >= 4 is 0 Å². The van der Waals surface area contributed by atoms with Crippen molar-refractivity contribution in [3.05, 3.63) is 29.8 Å². The molecule has 162 valence electrons. The van der Waals surface area contributed by atoms with Gasteiger partial charge in [-0.25, -0.2) is 0 Å². The molecule has 3 heterocycles. The monoisotopic (exact) mass is 406 g/mol. The minimum atomic E-state index is -0.506. The molecule has 0 aromatic heterocycles. The van der Waals surface area contributed by atoms with Crippen molar-refractivity contribution in [2.75, 3.05) is 59.2 Å². The Morgan fingerprint density at radius 3 is 2.86 bits per heavy atom. The van der Waals surface area contributed by atoms with E-state index >= 15 is 0 Å². The highest BCUT2D eigenvalue weighted by atomic mass is 16.5. The molecule has 0 amide bonds. The predicted octanol–water partition coefficient (Wildman–Crippen LogP) is -0.582. The van der Waals surface area contributed by atoms with Crippen LogP contribution in [0, 0.1) is 5.92 Å². The highest BCUT2D eigenvalue weighted by Crippen LogP contribution is 2.25. The van der Waals surface area contributed by atoms with Crippen LogP contribution in [0.4, 0.5) is 0 Å². The predicted molar refractivity (Wildman–Crippen MR) is 110 cm³/mol. The van der Waals surface area contributed by atoms with Crippen LogP contribution in [-0.2, 0) is 11.3 Å². The Bertz CT molecular complexity index is 637. The first-order valence-electron chi connectivity index (χ1n) is 10.8. The lowest BCUT2D eigenvalue weighted by molar-refractivity contribution is 0.00464. The molecule has 0 spiro atoms. The zero-order valence-electron chi connectivity index (χ0n) is 17.0. The van der Waals surface area contributed by atoms with Gasteiger partial charge in [-0.3, -0.25) is 20.7 Å². The maximum atomic E-state index is 10.3. The van der Waals surface area contributed by atoms with Gasteiger partial charge in [-0.05, 0) is 24.1 Å². The Morgan fingerprint density at radius 2 is 2.03 bits per heavy atom. The fraction of sp³-hybridized carbons (Fsp3) is 0.714. The first-order chi connectivity index (χ1) is 14.2. The average Bonchev–Trinajstić information content (AvgIpc) is 3.16. The number of ether oxygens (including phenoxy) is 2. The summed E-state index contributed by atoms with van der Waals surface area (Å²) in [5.74, 6) is 1.24. The number of β-amino-alcohol motifs (C(OH)–C–C–N with tert-alkyl or cyclic N) is 1. The largest absolute Gasteiger partial charge is 0.491 e. The van der Waals surface area contributed by atoms with Crippen molar-refractivity contribution < 1.29 is 19.7 Å². The van der Waals surface area contributed by atoms with Crippen LogP contribution in [0.5, 0.6) is 5.75 Å². The second-order valence-corrected chi connectivity index (χ2v) is 8.40. The van der Waals surface area contributed by atoms with E-state index in [0.29, 0.717) is 25.1 Å². The van der Waals surface area contributed by atoms with Crippen LogP contribution in [0.15, 0.2) is 24.3 Å². The van der Waals surface area contributed by atoms with Crippen LogP contribution < -0.4 is 15.6 Å². The molecule has 3 saturated heterocycles. The van der Waals surface area contributed by atoms with Gasteiger partial charge in [0.1, 0.15) is 18.5 Å². The molecule has 29 heavy (non-hydrogen) atoms. The Hall–Kier alpha value is -1.26. The van der Waals surface area contributed by atoms with E-state index in [1.807, 2.05) is 12.1 Å². The number of hydrazine groups is 1. The van der Waals surface area contributed by atoms with E-state index in [0.717, 1.165) is 58.1 Å². The lowest BCUT2D eigenvalue weighted by Crippen LogP contribution is -2.46. The Balaban J connectivity index is 1.25. The number of likely N-dealkylation sites (tertiary alicyclic amines) is 1. The summed E-state index contributed by atoms with van der Waals surface area (Å²) in [5.41, 5.74) is 7.75. The lowest BCUT2D eigenvalue weighted by Gasteiger charge is -2.35. The Kier molecular flexibility index (Phi) is 7.36. The lowest BCUT2D eigenvalue weighted by atomic mass is 9.88. The van der Waals surface area contributed by atoms with Gasteiger partial charge in [0, 0.05) is 57.3 Å². The van der Waals surface area contributed by atoms with E-state index in [1.165, 1.54) is 5.56 Å². The van der Waals surface area contributed by atoms with Crippen molar-refractivity contribution in [1.29, 1.82) is 0 Å². The van der Waals surface area contributed by atoms with Gasteiger partial charge < -0.3 is 19.7 Å². The number of aliphatic hydroxyl groups is 2. The summed E-state index contributed by atoms with van der Waals surface area (Å²) in [7, 11) is 0. The highest BCUT2D eigenvalue weighted by molar-refractivity contribution is 5.28. The number of benzene rings is 1. The maximum Gasteiger partial charge on any atom is 0.119 e. The Labute approximate surface area is 172 Å². The molecule has 4 unspecified atom stereocenters. The summed E-state index contributed by atoms with van der Waals surface area (Å²) in [6.07, 6.45) is 0.575. The van der Waals surface area contributed by atoms with Crippen molar-refractivity contribution in [3.63, 3.8) is 0 Å². The van der Waals surface area contributed by atoms with Gasteiger partial charge in [-0.15, -0.1) is 0 Å². The Morgan fingerprint density at radius 1 is 1.17 bits per heavy atom. The molecule has 0 saturated carbocycles. The van der Waals surface area contributed by atoms with E-state index in [-0.39, 0.29) is 12.6 Å². The van der Waals surface area contributed by atoms with Crippen LogP contribution >= 0.6 is 0 Å². The SMILES string of the molecule is OCC1NNC2CCN(Cc3cccc(OCC(O)CN4CCOCC4)c3)CC12. The smallest absolute Gasteiger partial charge is 0.119 e. The topological polar surface area (TPSA) is 89.5 Å². The molecular formula is C21H34N4O4. The van der Waals surface area contributed by atoms with E-state index < -0.39 is 6.10 Å². The van der Waals surface area contributed by atoms with Crippen molar-refractivity contribution in [2.24, 2.45) is 5.92 Å². The van der Waals surface area contributed by atoms with Gasteiger partial charge >= 0.3 is 0 Å². The number of hydrogen-bond donors (Lipinski definition) is 4. The standard InChI is InChI=1S/C21H34N4O4/c26-14-21-19-13-25(5-4-20(19)22-23-21)11-16-2-1-3-18(10-16)29-15-17(27)12-24-6-8-28-9-7-24/h1-3,10,17,19-23,26-27H,4-9,11-15H2. The first-order valence-corrected chi connectivity index (χ1v) is 10.8. The number of hydrogen-bond acceptors (Lipinski definition) is 8. The van der Waals surface area contributed by atoms with E-state index in [1.54, 1.807) is 0 Å². The molecule has 3 fully saturated rings. The van der Waals surface area contributed by atoms with Crippen LogP contribution in [0.2, 0.25) is 0 Å². The fourth-order valence-corrected chi connectivity index (χ4v) is 4.60. The van der Waals surface area contributed by atoms with Crippen LogP contribution in [0.1, 0.15) is 12.0 Å². The third kappa shape index (κ3) is 5.67. The number of nitrogens with one attached hydrogen (secondary N) is 2. The average molecular weight is 407 g/mol. The van der Waals surface area contributed by atoms with Gasteiger partial charge in [-0.1, -0.05) is 12.1 Å². The number of morpholine rings is 1. The normalized spacial score (nSPS) is 29.5. The second-order valence-electron chi connectivity index (χ2n) is 8.40. The van der Waals surface area contributed by atoms with Crippen LogP contribution in [-0.4, -0.2) is 97.4 Å². The summed E-state index contributed by atoms with van der Waals surface area (Å²) in [6, 6.07) is 8.74. The fourth-order valence-electron chi connectivity index (χ4n) is 4.60. The highest BCUT2D eigenvalue weighted by Gasteiger charge is 2.39. The molecule has 0 radical (unpaired) electrons. The first kappa shape index (κ1) is 21.0. The molecule has 4 rings (SSSR count). The molecular weight excluding hydrogens is 372 g/mol. The number of fused-ring (bicyclic) bond motifs is 1. The zero-order valence-corrected chi connectivity index (χ0v) is 17.0. The number of rotatable bonds is 8. The number of nitrogens with zero attached hydrogens (tertiary/aromatic N) is 2. The van der Waals surface area contributed by atoms with Gasteiger partial charge in [0.05, 0.1) is 19.8 Å². The quantitative estimate of drug-likeness (QED) is 0.456. The van der Waals surface area contributed by atoms with Crippen LogP contribution in [0.3, 0.4) is 0 Å². The molecule has 1 aromatic rings. The third-order valence-electron chi connectivity index (χ3n) is 6.23. The van der Waals surface area contributed by atoms with Gasteiger partial charge in [-0.2, -0.15) is 0 Å². The molecule has 8 heteroatoms. The minimum absolute atomic E-state index is 0.130. The van der Waals surface area contributed by atoms with Crippen LogP contribution in [0.25, 0.3) is 0 Å². The number of piperidine rings is 1. The van der Waals surface area contributed by atoms with E-state index in [2.05, 4.69) is 32.8 Å². The summed E-state index contributed by atoms with van der Waals surface area (Å²) in [5, 5.41) is 19.8. The van der Waals surface area contributed by atoms with E-state index in [4.69, 9.17) is 9.47 Å². The molecule has 4 N–H and O–H groups in total. The molecule has 0 aliphatic carbocycles. The molecule has 8 nitrogen and oxygen atoms in total. The summed E-state index contributed by atoms with van der Waals surface area (Å²) < 4.78 is 11.2. The molecule has 3 aliphatic rings. The minimum Gasteiger partial charge on any atom is -0.491 e. The molecule has 3 aliphatic heterocycles. The molecule has 1 aromatic carbocycles. The third-order valence-corrected chi connectivity index (χ3v) is 6.23. The second kappa shape index (κ2) is 10.2. The van der Waals surface area contributed by atoms with Gasteiger partial charge in [0.25, 0.3) is 0 Å². The van der Waals surface area contributed by atoms with Crippen molar-refractivity contribution in [1.82, 2.24) is 20.7 Å². The zero-order chi connectivity index (χ0) is 20.1. The van der Waals surface area contributed by atoms with Crippen molar-refractivity contribution in [3.8, 4) is 5.75 Å². The van der Waals surface area contributed by atoms with Gasteiger partial charge in [0.15, 0.2) is 0 Å². The molecule has 0 bridgehead atoms. The van der Waals surface area contributed by atoms with Gasteiger partial charge in [0.2, 0.25) is 0 Å². The summed E-state index contributed by atoms with van der Waals surface area (Å²) in [6.45, 7) is 7.16. The number of aliphatic hydroxyl groups excluding tert-OH is 2. The summed E-state index contributed by atoms with van der Waals surface area (Å²) >= 11 is 0. The molecule has 4 atom stereocenters. The van der Waals surface area contributed by atoms with E-state index in [9.17, 15) is 10.2 Å². The van der Waals surface area contributed by atoms with Crippen molar-refractivity contribution in [2.45, 2.75) is 31.2 Å². The maximum absolute atomic E-state index is 10.3.